The number of amides is 1. The zero-order valence-corrected chi connectivity index (χ0v) is 20.2. The van der Waals surface area contributed by atoms with Crippen molar-refractivity contribution in [2.45, 2.75) is 24.4 Å². The maximum Gasteiger partial charge on any atom is 0.253 e. The van der Waals surface area contributed by atoms with Crippen LogP contribution in [-0.2, 0) is 26.4 Å². The quantitative estimate of drug-likeness (QED) is 0.525. The van der Waals surface area contributed by atoms with E-state index >= 15 is 0 Å². The molecule has 9 heteroatoms. The number of carbonyl (C=O) groups excluding carboxylic acids is 1. The number of sulfonamides is 1. The van der Waals surface area contributed by atoms with Gasteiger partial charge in [0, 0.05) is 6.26 Å². The van der Waals surface area contributed by atoms with Gasteiger partial charge in [-0.15, -0.1) is 0 Å². The SMILES string of the molecule is C[C@H](NC(=O)c1ccccc1N(Cc1ccccc1)S(C)(=O)=O)c1ccc(S(C)(=O)=O)cc1. The maximum absolute atomic E-state index is 13.1. The van der Waals surface area contributed by atoms with Crippen LogP contribution in [0, 0.1) is 0 Å². The van der Waals surface area contributed by atoms with Crippen LogP contribution >= 0.6 is 0 Å². The molecule has 0 spiro atoms. The Morgan fingerprint density at radius 3 is 2.00 bits per heavy atom. The lowest BCUT2D eigenvalue weighted by Crippen LogP contribution is -2.33. The molecule has 7 nitrogen and oxygen atoms in total. The number of nitrogens with zero attached hydrogens (tertiary/aromatic N) is 1. The number of anilines is 1. The van der Waals surface area contributed by atoms with Crippen molar-refractivity contribution >= 4 is 31.5 Å². The van der Waals surface area contributed by atoms with Gasteiger partial charge >= 0.3 is 0 Å². The molecule has 0 radical (unpaired) electrons. The minimum atomic E-state index is -3.68. The average Bonchev–Trinajstić information content (AvgIpc) is 2.77. The summed E-state index contributed by atoms with van der Waals surface area (Å²) in [6.45, 7) is 1.86. The first-order valence-electron chi connectivity index (χ1n) is 10.2. The Morgan fingerprint density at radius 2 is 1.42 bits per heavy atom. The molecule has 0 saturated heterocycles. The van der Waals surface area contributed by atoms with Gasteiger partial charge in [0.2, 0.25) is 10.0 Å². The summed E-state index contributed by atoms with van der Waals surface area (Å²) in [6.07, 6.45) is 2.24. The van der Waals surface area contributed by atoms with Crippen molar-refractivity contribution in [2.24, 2.45) is 0 Å². The molecule has 3 aromatic rings. The molecule has 0 heterocycles. The molecular weight excluding hydrogens is 460 g/mol. The van der Waals surface area contributed by atoms with Crippen LogP contribution in [0.25, 0.3) is 0 Å². The summed E-state index contributed by atoms with van der Waals surface area (Å²) < 4.78 is 49.8. The number of rotatable bonds is 8. The molecule has 3 aromatic carbocycles. The van der Waals surface area contributed by atoms with Crippen molar-refractivity contribution < 1.29 is 21.6 Å². The zero-order valence-electron chi connectivity index (χ0n) is 18.6. The fourth-order valence-corrected chi connectivity index (χ4v) is 4.91. The fourth-order valence-electron chi connectivity index (χ4n) is 3.37. The lowest BCUT2D eigenvalue weighted by atomic mass is 10.1. The zero-order chi connectivity index (χ0) is 24.2. The minimum Gasteiger partial charge on any atom is -0.345 e. The molecule has 0 aliphatic carbocycles. The standard InChI is InChI=1S/C24H26N2O5S2/c1-18(20-13-15-21(16-14-20)32(2,28)29)25-24(27)22-11-7-8-12-23(22)26(33(3,30)31)17-19-9-5-4-6-10-19/h4-16,18H,17H2,1-3H3,(H,25,27)/t18-/m0/s1. The Bertz CT molecular complexity index is 1340. The normalized spacial score (nSPS) is 12.7. The molecule has 1 amide bonds. The van der Waals surface area contributed by atoms with E-state index in [2.05, 4.69) is 5.32 Å². The van der Waals surface area contributed by atoms with Crippen LogP contribution in [0.1, 0.15) is 34.5 Å². The van der Waals surface area contributed by atoms with E-state index in [0.29, 0.717) is 0 Å². The van der Waals surface area contributed by atoms with E-state index in [0.717, 1.165) is 23.6 Å². The molecule has 0 aliphatic heterocycles. The molecular formula is C24H26N2O5S2. The van der Waals surface area contributed by atoms with E-state index in [1.54, 1.807) is 43.3 Å². The highest BCUT2D eigenvalue weighted by atomic mass is 32.2. The molecule has 0 fully saturated rings. The third kappa shape index (κ3) is 6.21. The number of nitrogens with one attached hydrogen (secondary N) is 1. The van der Waals surface area contributed by atoms with Gasteiger partial charge in [0.1, 0.15) is 0 Å². The smallest absolute Gasteiger partial charge is 0.253 e. The largest absolute Gasteiger partial charge is 0.345 e. The van der Waals surface area contributed by atoms with E-state index in [1.807, 2.05) is 30.3 Å². The van der Waals surface area contributed by atoms with Crippen LogP contribution in [-0.4, -0.2) is 35.3 Å². The third-order valence-electron chi connectivity index (χ3n) is 5.14. The Morgan fingerprint density at radius 1 is 0.848 bits per heavy atom. The highest BCUT2D eigenvalue weighted by Gasteiger charge is 2.24. The van der Waals surface area contributed by atoms with Crippen molar-refractivity contribution in [1.82, 2.24) is 5.32 Å². The van der Waals surface area contributed by atoms with Gasteiger partial charge in [0.15, 0.2) is 9.84 Å². The summed E-state index contributed by atoms with van der Waals surface area (Å²) in [4.78, 5) is 13.3. The van der Waals surface area contributed by atoms with Crippen molar-refractivity contribution in [1.29, 1.82) is 0 Å². The van der Waals surface area contributed by atoms with Crippen molar-refractivity contribution in [2.75, 3.05) is 16.8 Å². The second kappa shape index (κ2) is 9.76. The molecule has 174 valence electrons. The fraction of sp³-hybridized carbons (Fsp3) is 0.208. The van der Waals surface area contributed by atoms with E-state index in [4.69, 9.17) is 0 Å². The molecule has 3 rings (SSSR count). The first-order valence-corrected chi connectivity index (χ1v) is 13.9. The monoisotopic (exact) mass is 486 g/mol. The van der Waals surface area contributed by atoms with Crippen molar-refractivity contribution in [3.8, 4) is 0 Å². The van der Waals surface area contributed by atoms with Gasteiger partial charge in [-0.25, -0.2) is 16.8 Å². The van der Waals surface area contributed by atoms with Gasteiger partial charge in [0.25, 0.3) is 5.91 Å². The highest BCUT2D eigenvalue weighted by Crippen LogP contribution is 2.26. The Hall–Kier alpha value is -3.17. The van der Waals surface area contributed by atoms with Crippen LogP contribution in [0.3, 0.4) is 0 Å². The molecule has 0 unspecified atom stereocenters. The number of hydrogen-bond acceptors (Lipinski definition) is 5. The maximum atomic E-state index is 13.1. The average molecular weight is 487 g/mol. The first-order chi connectivity index (χ1) is 15.5. The molecule has 0 aliphatic rings. The van der Waals surface area contributed by atoms with E-state index in [-0.39, 0.29) is 22.7 Å². The Balaban J connectivity index is 1.88. The van der Waals surface area contributed by atoms with Crippen LogP contribution in [0.2, 0.25) is 0 Å². The molecule has 0 bridgehead atoms. The predicted molar refractivity (Wildman–Crippen MR) is 129 cm³/mol. The molecule has 1 atom stereocenters. The highest BCUT2D eigenvalue weighted by molar-refractivity contribution is 7.92. The number of para-hydroxylation sites is 1. The Labute approximate surface area is 195 Å². The topological polar surface area (TPSA) is 101 Å². The van der Waals surface area contributed by atoms with E-state index in [9.17, 15) is 21.6 Å². The van der Waals surface area contributed by atoms with Gasteiger partial charge < -0.3 is 5.32 Å². The third-order valence-corrected chi connectivity index (χ3v) is 7.40. The van der Waals surface area contributed by atoms with Gasteiger partial charge in [0.05, 0.1) is 35.0 Å². The molecule has 1 N–H and O–H groups in total. The number of carbonyl (C=O) groups is 1. The van der Waals surface area contributed by atoms with Crippen LogP contribution in [0.5, 0.6) is 0 Å². The second-order valence-electron chi connectivity index (χ2n) is 7.81. The van der Waals surface area contributed by atoms with Gasteiger partial charge in [-0.1, -0.05) is 54.6 Å². The van der Waals surface area contributed by atoms with Gasteiger partial charge in [-0.3, -0.25) is 9.10 Å². The van der Waals surface area contributed by atoms with E-state index < -0.39 is 31.8 Å². The summed E-state index contributed by atoms with van der Waals surface area (Å²) in [5.41, 5.74) is 2.01. The lowest BCUT2D eigenvalue weighted by molar-refractivity contribution is 0.0940. The molecule has 33 heavy (non-hydrogen) atoms. The van der Waals surface area contributed by atoms with Crippen LogP contribution in [0.15, 0.2) is 83.8 Å². The predicted octanol–water partition coefficient (Wildman–Crippen LogP) is 3.55. The summed E-state index contributed by atoms with van der Waals surface area (Å²) in [5.74, 6) is -0.438. The van der Waals surface area contributed by atoms with Gasteiger partial charge in [-0.2, -0.15) is 0 Å². The van der Waals surface area contributed by atoms with Crippen LogP contribution < -0.4 is 9.62 Å². The number of sulfone groups is 1. The first kappa shape index (κ1) is 24.5. The van der Waals surface area contributed by atoms with E-state index in [1.165, 1.54) is 16.4 Å². The second-order valence-corrected chi connectivity index (χ2v) is 11.7. The van der Waals surface area contributed by atoms with Gasteiger partial charge in [-0.05, 0) is 42.3 Å². The molecule has 0 aromatic heterocycles. The summed E-state index contributed by atoms with van der Waals surface area (Å²) >= 11 is 0. The Kier molecular flexibility index (Phi) is 7.24. The lowest BCUT2D eigenvalue weighted by Gasteiger charge is -2.25. The summed E-state index contributed by atoms with van der Waals surface area (Å²) in [7, 11) is -6.99. The summed E-state index contributed by atoms with van der Waals surface area (Å²) in [5, 5.41) is 2.87. The van der Waals surface area contributed by atoms with Crippen LogP contribution in [0.4, 0.5) is 5.69 Å². The number of benzene rings is 3. The van der Waals surface area contributed by atoms with Crippen molar-refractivity contribution in [3.05, 3.63) is 95.6 Å². The molecule has 0 saturated carbocycles. The minimum absolute atomic E-state index is 0.0898. The van der Waals surface area contributed by atoms with Crippen molar-refractivity contribution in [3.63, 3.8) is 0 Å². The number of hydrogen-bond donors (Lipinski definition) is 1. The summed E-state index contributed by atoms with van der Waals surface area (Å²) in [6, 6.07) is 21.5.